The van der Waals surface area contributed by atoms with Gasteiger partial charge in [0.15, 0.2) is 0 Å². The number of rotatable bonds is 3. The van der Waals surface area contributed by atoms with Crippen molar-refractivity contribution in [1.29, 1.82) is 0 Å². The minimum Gasteiger partial charge on any atom is -0.352 e. The molecule has 2 atom stereocenters. The summed E-state index contributed by atoms with van der Waals surface area (Å²) in [6.07, 6.45) is 1.46. The lowest BCUT2D eigenvalue weighted by atomic mass is 10.0. The molecule has 1 fully saturated rings. The zero-order valence-corrected chi connectivity index (χ0v) is 13.5. The maximum Gasteiger partial charge on any atom is 0.225 e. The smallest absolute Gasteiger partial charge is 0.225 e. The summed E-state index contributed by atoms with van der Waals surface area (Å²) in [6, 6.07) is 7.30. The normalized spacial score (nSPS) is 22.0. The van der Waals surface area contributed by atoms with Crippen LogP contribution in [-0.4, -0.2) is 35.8 Å². The van der Waals surface area contributed by atoms with Crippen molar-refractivity contribution < 1.29 is 9.59 Å². The lowest BCUT2D eigenvalue weighted by Crippen LogP contribution is -2.42. The van der Waals surface area contributed by atoms with E-state index < -0.39 is 0 Å². The molecule has 0 spiro atoms. The first kappa shape index (κ1) is 16.8. The number of nitrogens with two attached hydrogens (primary N) is 1. The van der Waals surface area contributed by atoms with E-state index in [4.69, 9.17) is 17.3 Å². The van der Waals surface area contributed by atoms with Crippen LogP contribution in [0.3, 0.4) is 0 Å². The third kappa shape index (κ3) is 4.71. The van der Waals surface area contributed by atoms with Crippen molar-refractivity contribution in [2.75, 3.05) is 13.1 Å². The molecule has 1 aliphatic rings. The molecule has 0 unspecified atom stereocenters. The molecule has 6 heteroatoms. The van der Waals surface area contributed by atoms with E-state index in [1.807, 2.05) is 12.1 Å². The summed E-state index contributed by atoms with van der Waals surface area (Å²) in [5.74, 6) is -0.270. The third-order valence-electron chi connectivity index (χ3n) is 3.98. The van der Waals surface area contributed by atoms with Gasteiger partial charge in [-0.2, -0.15) is 0 Å². The molecule has 22 heavy (non-hydrogen) atoms. The van der Waals surface area contributed by atoms with Gasteiger partial charge in [0.2, 0.25) is 11.8 Å². The largest absolute Gasteiger partial charge is 0.352 e. The van der Waals surface area contributed by atoms with E-state index in [2.05, 4.69) is 5.32 Å². The van der Waals surface area contributed by atoms with E-state index in [0.717, 1.165) is 12.0 Å². The molecule has 0 saturated carbocycles. The number of carbonyl (C=O) groups excluding carboxylic acids is 2. The Hall–Kier alpha value is -1.59. The fourth-order valence-corrected chi connectivity index (χ4v) is 2.75. The predicted molar refractivity (Wildman–Crippen MR) is 86.3 cm³/mol. The van der Waals surface area contributed by atoms with E-state index in [0.29, 0.717) is 31.1 Å². The van der Waals surface area contributed by atoms with Gasteiger partial charge in [0.1, 0.15) is 0 Å². The van der Waals surface area contributed by atoms with Gasteiger partial charge < -0.3 is 16.0 Å². The molecule has 1 aliphatic heterocycles. The Balaban J connectivity index is 1.92. The summed E-state index contributed by atoms with van der Waals surface area (Å²) >= 11 is 5.84. The Morgan fingerprint density at radius 3 is 2.59 bits per heavy atom. The van der Waals surface area contributed by atoms with Crippen molar-refractivity contribution in [3.8, 4) is 0 Å². The van der Waals surface area contributed by atoms with Crippen LogP contribution >= 0.6 is 11.6 Å². The van der Waals surface area contributed by atoms with Gasteiger partial charge in [-0.15, -0.1) is 0 Å². The minimum absolute atomic E-state index is 0.0321. The quantitative estimate of drug-likeness (QED) is 0.886. The number of benzene rings is 1. The SMILES string of the molecule is CC(=O)N1C[C@@H](N)CC[C@@H](C(=O)NCc2ccc(Cl)cc2)C1. The molecule has 120 valence electrons. The van der Waals surface area contributed by atoms with Crippen LogP contribution in [0, 0.1) is 5.92 Å². The van der Waals surface area contributed by atoms with Crippen molar-refractivity contribution in [2.24, 2.45) is 11.7 Å². The maximum atomic E-state index is 12.4. The van der Waals surface area contributed by atoms with E-state index in [-0.39, 0.29) is 23.8 Å². The van der Waals surface area contributed by atoms with Crippen LogP contribution in [0.5, 0.6) is 0 Å². The minimum atomic E-state index is -0.204. The zero-order valence-electron chi connectivity index (χ0n) is 12.7. The fourth-order valence-electron chi connectivity index (χ4n) is 2.63. The molecule has 0 aliphatic carbocycles. The summed E-state index contributed by atoms with van der Waals surface area (Å²) in [5.41, 5.74) is 6.96. The number of likely N-dealkylation sites (tertiary alicyclic amines) is 1. The number of hydrogen-bond acceptors (Lipinski definition) is 3. The van der Waals surface area contributed by atoms with Crippen LogP contribution in [-0.2, 0) is 16.1 Å². The Morgan fingerprint density at radius 2 is 1.95 bits per heavy atom. The molecule has 0 radical (unpaired) electrons. The topological polar surface area (TPSA) is 75.4 Å². The molecule has 1 aromatic carbocycles. The molecular formula is C16H22ClN3O2. The van der Waals surface area contributed by atoms with Crippen LogP contribution < -0.4 is 11.1 Å². The van der Waals surface area contributed by atoms with Crippen molar-refractivity contribution in [2.45, 2.75) is 32.4 Å². The number of halogens is 1. The van der Waals surface area contributed by atoms with Crippen LogP contribution in [0.25, 0.3) is 0 Å². The Bertz CT molecular complexity index is 533. The number of hydrogen-bond donors (Lipinski definition) is 2. The molecule has 5 nitrogen and oxygen atoms in total. The van der Waals surface area contributed by atoms with Gasteiger partial charge in [-0.3, -0.25) is 9.59 Å². The van der Waals surface area contributed by atoms with Gasteiger partial charge in [0, 0.05) is 37.6 Å². The molecule has 2 amide bonds. The highest BCUT2D eigenvalue weighted by Crippen LogP contribution is 2.17. The number of carbonyl (C=O) groups is 2. The summed E-state index contributed by atoms with van der Waals surface area (Å²) in [5, 5.41) is 3.60. The van der Waals surface area contributed by atoms with Crippen molar-refractivity contribution >= 4 is 23.4 Å². The molecular weight excluding hydrogens is 302 g/mol. The van der Waals surface area contributed by atoms with Gasteiger partial charge >= 0.3 is 0 Å². The Kier molecular flexibility index (Phi) is 5.80. The molecule has 3 N–H and O–H groups in total. The highest BCUT2D eigenvalue weighted by Gasteiger charge is 2.28. The van der Waals surface area contributed by atoms with Crippen LogP contribution in [0.15, 0.2) is 24.3 Å². The van der Waals surface area contributed by atoms with Crippen LogP contribution in [0.1, 0.15) is 25.3 Å². The first-order chi connectivity index (χ1) is 10.5. The van der Waals surface area contributed by atoms with Gasteiger partial charge in [-0.1, -0.05) is 23.7 Å². The standard InChI is InChI=1S/C16H22ClN3O2/c1-11(21)20-9-13(4-7-15(18)10-20)16(22)19-8-12-2-5-14(17)6-3-12/h2-3,5-6,13,15H,4,7-10,18H2,1H3,(H,19,22)/t13-,15+/m1/s1. The van der Waals surface area contributed by atoms with E-state index in [9.17, 15) is 9.59 Å². The second-order valence-corrected chi connectivity index (χ2v) is 6.24. The predicted octanol–water partition coefficient (Wildman–Crippen LogP) is 1.54. The van der Waals surface area contributed by atoms with Crippen LogP contribution in [0.2, 0.25) is 5.02 Å². The van der Waals surface area contributed by atoms with Gasteiger partial charge in [0.25, 0.3) is 0 Å². The molecule has 1 saturated heterocycles. The number of amides is 2. The monoisotopic (exact) mass is 323 g/mol. The summed E-state index contributed by atoms with van der Waals surface area (Å²) < 4.78 is 0. The second-order valence-electron chi connectivity index (χ2n) is 5.80. The molecule has 1 heterocycles. The molecule has 0 aromatic heterocycles. The number of nitrogens with zero attached hydrogens (tertiary/aromatic N) is 1. The third-order valence-corrected chi connectivity index (χ3v) is 4.23. The number of nitrogens with one attached hydrogen (secondary N) is 1. The molecule has 2 rings (SSSR count). The zero-order chi connectivity index (χ0) is 16.1. The first-order valence-electron chi connectivity index (χ1n) is 7.49. The summed E-state index contributed by atoms with van der Waals surface area (Å²) in [6.45, 7) is 2.94. The summed E-state index contributed by atoms with van der Waals surface area (Å²) in [4.78, 5) is 25.6. The van der Waals surface area contributed by atoms with E-state index in [1.54, 1.807) is 17.0 Å². The second kappa shape index (κ2) is 7.61. The highest BCUT2D eigenvalue weighted by atomic mass is 35.5. The highest BCUT2D eigenvalue weighted by molar-refractivity contribution is 6.30. The molecule has 0 bridgehead atoms. The van der Waals surface area contributed by atoms with Crippen LogP contribution in [0.4, 0.5) is 0 Å². The molecule has 1 aromatic rings. The van der Waals surface area contributed by atoms with Crippen molar-refractivity contribution in [1.82, 2.24) is 10.2 Å². The lowest BCUT2D eigenvalue weighted by Gasteiger charge is -2.23. The summed E-state index contributed by atoms with van der Waals surface area (Å²) in [7, 11) is 0. The fraction of sp³-hybridized carbons (Fsp3) is 0.500. The van der Waals surface area contributed by atoms with E-state index in [1.165, 1.54) is 6.92 Å². The Morgan fingerprint density at radius 1 is 1.27 bits per heavy atom. The Labute approximate surface area is 135 Å². The average Bonchev–Trinajstić information content (AvgIpc) is 2.68. The van der Waals surface area contributed by atoms with Crippen molar-refractivity contribution in [3.05, 3.63) is 34.9 Å². The maximum absolute atomic E-state index is 12.4. The van der Waals surface area contributed by atoms with Gasteiger partial charge in [-0.05, 0) is 30.5 Å². The lowest BCUT2D eigenvalue weighted by molar-refractivity contribution is -0.131. The first-order valence-corrected chi connectivity index (χ1v) is 7.86. The van der Waals surface area contributed by atoms with E-state index >= 15 is 0 Å². The average molecular weight is 324 g/mol. The van der Waals surface area contributed by atoms with Gasteiger partial charge in [-0.25, -0.2) is 0 Å². The van der Waals surface area contributed by atoms with Crippen molar-refractivity contribution in [3.63, 3.8) is 0 Å². The van der Waals surface area contributed by atoms with Gasteiger partial charge in [0.05, 0.1) is 5.92 Å².